The monoisotopic (exact) mass is 461 g/mol. The van der Waals surface area contributed by atoms with Gasteiger partial charge in [0, 0.05) is 26.4 Å². The molecule has 1 aromatic carbocycles. The molecule has 0 spiro atoms. The molecule has 0 atom stereocenters. The Balaban J connectivity index is 1.71. The molecule has 3 heterocycles. The highest BCUT2D eigenvalue weighted by Crippen LogP contribution is 2.37. The van der Waals surface area contributed by atoms with Crippen LogP contribution in [0.2, 0.25) is 0 Å². The fraction of sp³-hybridized carbons (Fsp3) is 0.182. The number of nitrogens with one attached hydrogen (secondary N) is 3. The van der Waals surface area contributed by atoms with Crippen LogP contribution in [0, 0.1) is 0 Å². The number of ether oxygens (including phenoxy) is 1. The third-order valence-electron chi connectivity index (χ3n) is 4.83. The van der Waals surface area contributed by atoms with Gasteiger partial charge in [-0.15, -0.1) is 10.2 Å². The van der Waals surface area contributed by atoms with E-state index in [4.69, 9.17) is 4.74 Å². The minimum atomic E-state index is -0.409. The van der Waals surface area contributed by atoms with Crippen molar-refractivity contribution in [3.8, 4) is 17.1 Å². The summed E-state index contributed by atoms with van der Waals surface area (Å²) in [6.45, 7) is -0.100. The van der Waals surface area contributed by atoms with Gasteiger partial charge in [0.25, 0.3) is 5.91 Å². The zero-order valence-corrected chi connectivity index (χ0v) is 18.8. The average molecular weight is 461 g/mol. The first-order valence-electron chi connectivity index (χ1n) is 10.2. The molecule has 0 bridgehead atoms. The zero-order chi connectivity index (χ0) is 24.1. The summed E-state index contributed by atoms with van der Waals surface area (Å²) in [5.41, 5.74) is 2.45. The van der Waals surface area contributed by atoms with Crippen molar-refractivity contribution < 1.29 is 14.6 Å². The highest BCUT2D eigenvalue weighted by atomic mass is 16.5. The third kappa shape index (κ3) is 4.76. The second-order valence-corrected chi connectivity index (χ2v) is 7.16. The molecule has 34 heavy (non-hydrogen) atoms. The van der Waals surface area contributed by atoms with Crippen LogP contribution in [0.5, 0.6) is 5.75 Å². The van der Waals surface area contributed by atoms with E-state index in [1.165, 1.54) is 7.05 Å². The van der Waals surface area contributed by atoms with Gasteiger partial charge in [-0.25, -0.2) is 9.97 Å². The molecule has 0 unspecified atom stereocenters. The van der Waals surface area contributed by atoms with Crippen molar-refractivity contribution in [2.24, 2.45) is 7.05 Å². The van der Waals surface area contributed by atoms with Crippen molar-refractivity contribution in [1.82, 2.24) is 35.3 Å². The van der Waals surface area contributed by atoms with Crippen molar-refractivity contribution >= 4 is 28.9 Å². The van der Waals surface area contributed by atoms with E-state index < -0.39 is 5.91 Å². The molecule has 4 rings (SSSR count). The first-order chi connectivity index (χ1) is 16.5. The summed E-state index contributed by atoms with van der Waals surface area (Å²) in [4.78, 5) is 21.0. The first-order valence-corrected chi connectivity index (χ1v) is 10.2. The lowest BCUT2D eigenvalue weighted by atomic mass is 10.1. The van der Waals surface area contributed by atoms with Crippen LogP contribution in [0.3, 0.4) is 0 Å². The summed E-state index contributed by atoms with van der Waals surface area (Å²) < 4.78 is 7.25. The second-order valence-electron chi connectivity index (χ2n) is 7.16. The van der Waals surface area contributed by atoms with Crippen molar-refractivity contribution in [2.75, 3.05) is 24.8 Å². The number of hydrogen-bond acceptors (Lipinski definition) is 10. The molecule has 0 radical (unpaired) electrons. The number of carbonyl (C=O) groups excluding carboxylic acids is 1. The Bertz CT molecular complexity index is 1310. The van der Waals surface area contributed by atoms with Gasteiger partial charge in [0.1, 0.15) is 12.1 Å². The van der Waals surface area contributed by atoms with Gasteiger partial charge in [0.15, 0.2) is 23.1 Å². The molecule has 4 aromatic rings. The Morgan fingerprint density at radius 1 is 1.09 bits per heavy atom. The number of aliphatic hydroxyl groups excluding tert-OH is 1. The van der Waals surface area contributed by atoms with Crippen molar-refractivity contribution in [3.05, 3.63) is 60.2 Å². The molecular formula is C22H23N9O3. The number of para-hydroxylation sites is 1. The lowest BCUT2D eigenvalue weighted by molar-refractivity contribution is 0.0958. The third-order valence-corrected chi connectivity index (χ3v) is 4.83. The van der Waals surface area contributed by atoms with E-state index in [1.54, 1.807) is 49.6 Å². The van der Waals surface area contributed by atoms with Gasteiger partial charge in [0.05, 0.1) is 30.7 Å². The summed E-state index contributed by atoms with van der Waals surface area (Å²) in [6, 6.07) is 10.6. The van der Waals surface area contributed by atoms with E-state index in [0.717, 1.165) is 0 Å². The molecule has 174 valence electrons. The highest BCUT2D eigenvalue weighted by molar-refractivity contribution is 5.99. The first kappa shape index (κ1) is 22.6. The van der Waals surface area contributed by atoms with Crippen LogP contribution in [0.4, 0.5) is 23.0 Å². The van der Waals surface area contributed by atoms with Crippen LogP contribution < -0.4 is 20.7 Å². The number of aromatic nitrogens is 6. The SMILES string of the molecule is CNC(=O)c1nnc(Nc2ccc(CO)cn2)cc1Nc1cccc(-c2ncn(C)n2)c1OC. The molecule has 12 heteroatoms. The number of pyridine rings is 1. The van der Waals surface area contributed by atoms with Gasteiger partial charge in [-0.1, -0.05) is 12.1 Å². The topological polar surface area (TPSA) is 152 Å². The average Bonchev–Trinajstić information content (AvgIpc) is 3.30. The Labute approximate surface area is 195 Å². The fourth-order valence-corrected chi connectivity index (χ4v) is 3.20. The number of aryl methyl sites for hydroxylation is 1. The standard InChI is InChI=1S/C22H23N9O3/c1-23-22(33)19-16(9-18(28-29-19)27-17-8-7-13(11-32)10-24-17)26-15-6-4-5-14(20(15)34-3)21-25-12-31(2)30-21/h4-10,12,32H,11H2,1-3H3,(H,23,33)(H2,24,26,27,28). The summed E-state index contributed by atoms with van der Waals surface area (Å²) in [5, 5.41) is 30.6. The maximum atomic E-state index is 12.4. The highest BCUT2D eigenvalue weighted by Gasteiger charge is 2.19. The lowest BCUT2D eigenvalue weighted by Crippen LogP contribution is -2.21. The van der Waals surface area contributed by atoms with Crippen molar-refractivity contribution in [2.45, 2.75) is 6.61 Å². The molecule has 0 aliphatic carbocycles. The maximum absolute atomic E-state index is 12.4. The quantitative estimate of drug-likeness (QED) is 0.307. The largest absolute Gasteiger partial charge is 0.494 e. The van der Waals surface area contributed by atoms with Crippen LogP contribution in [0.15, 0.2) is 48.9 Å². The van der Waals surface area contributed by atoms with Crippen LogP contribution in [-0.4, -0.2) is 55.1 Å². The summed E-state index contributed by atoms with van der Waals surface area (Å²) in [7, 11) is 4.84. The van der Waals surface area contributed by atoms with Gasteiger partial charge in [-0.3, -0.25) is 9.48 Å². The molecule has 0 aliphatic heterocycles. The predicted molar refractivity (Wildman–Crippen MR) is 125 cm³/mol. The summed E-state index contributed by atoms with van der Waals surface area (Å²) in [6.07, 6.45) is 3.15. The lowest BCUT2D eigenvalue weighted by Gasteiger charge is -2.16. The Morgan fingerprint density at radius 2 is 1.94 bits per heavy atom. The van der Waals surface area contributed by atoms with E-state index in [0.29, 0.717) is 45.7 Å². The number of nitrogens with zero attached hydrogens (tertiary/aromatic N) is 6. The predicted octanol–water partition coefficient (Wildman–Crippen LogP) is 2.01. The molecular weight excluding hydrogens is 438 g/mol. The van der Waals surface area contributed by atoms with Gasteiger partial charge in [-0.2, -0.15) is 5.10 Å². The van der Waals surface area contributed by atoms with Gasteiger partial charge in [0.2, 0.25) is 0 Å². The Kier molecular flexibility index (Phi) is 6.59. The molecule has 12 nitrogen and oxygen atoms in total. The van der Waals surface area contributed by atoms with Crippen LogP contribution in [-0.2, 0) is 13.7 Å². The molecule has 4 N–H and O–H groups in total. The van der Waals surface area contributed by atoms with Crippen molar-refractivity contribution in [3.63, 3.8) is 0 Å². The van der Waals surface area contributed by atoms with E-state index >= 15 is 0 Å². The normalized spacial score (nSPS) is 10.6. The fourth-order valence-electron chi connectivity index (χ4n) is 3.20. The maximum Gasteiger partial charge on any atom is 0.273 e. The van der Waals surface area contributed by atoms with E-state index in [2.05, 4.69) is 41.2 Å². The molecule has 0 aliphatic rings. The molecule has 0 saturated carbocycles. The number of benzene rings is 1. The van der Waals surface area contributed by atoms with Crippen molar-refractivity contribution in [1.29, 1.82) is 0 Å². The summed E-state index contributed by atoms with van der Waals surface area (Å²) >= 11 is 0. The second kappa shape index (κ2) is 9.92. The number of methoxy groups -OCH3 is 1. The van der Waals surface area contributed by atoms with E-state index in [-0.39, 0.29) is 12.3 Å². The van der Waals surface area contributed by atoms with Gasteiger partial charge in [-0.05, 0) is 23.8 Å². The summed E-state index contributed by atoms with van der Waals surface area (Å²) in [5.74, 6) is 1.46. The van der Waals surface area contributed by atoms with Crippen LogP contribution in [0.1, 0.15) is 16.1 Å². The van der Waals surface area contributed by atoms with Crippen LogP contribution >= 0.6 is 0 Å². The Hall–Kier alpha value is -4.58. The van der Waals surface area contributed by atoms with Crippen LogP contribution in [0.25, 0.3) is 11.4 Å². The number of carbonyl (C=O) groups is 1. The smallest absolute Gasteiger partial charge is 0.273 e. The molecule has 0 saturated heterocycles. The number of hydrogen-bond donors (Lipinski definition) is 4. The number of aliphatic hydroxyl groups is 1. The zero-order valence-electron chi connectivity index (χ0n) is 18.8. The minimum Gasteiger partial charge on any atom is -0.494 e. The number of anilines is 4. The van der Waals surface area contributed by atoms with E-state index in [1.807, 2.05) is 18.2 Å². The Morgan fingerprint density at radius 3 is 2.59 bits per heavy atom. The van der Waals surface area contributed by atoms with Gasteiger partial charge >= 0.3 is 0 Å². The number of rotatable bonds is 8. The minimum absolute atomic E-state index is 0.0973. The molecule has 0 fully saturated rings. The molecule has 3 aromatic heterocycles. The number of amides is 1. The van der Waals surface area contributed by atoms with E-state index in [9.17, 15) is 9.90 Å². The van der Waals surface area contributed by atoms with Gasteiger partial charge < -0.3 is 25.8 Å². The molecule has 1 amide bonds.